The van der Waals surface area contributed by atoms with Gasteiger partial charge in [0.05, 0.1) is 12.2 Å². The Labute approximate surface area is 129 Å². The summed E-state index contributed by atoms with van der Waals surface area (Å²) in [6.45, 7) is 4.66. The van der Waals surface area contributed by atoms with Crippen LogP contribution in [0.2, 0.25) is 5.02 Å². The Morgan fingerprint density at radius 1 is 1.16 bits per heavy atom. The molecule has 3 unspecified atom stereocenters. The third-order valence-corrected chi connectivity index (χ3v) is 4.71. The normalized spacial score (nSPS) is 29.2. The average molecular weight is 346 g/mol. The largest absolute Gasteiger partial charge is 0.369 e. The highest BCUT2D eigenvalue weighted by molar-refractivity contribution is 9.09. The lowest BCUT2D eigenvalue weighted by atomic mass is 9.81. The van der Waals surface area contributed by atoms with Gasteiger partial charge >= 0.3 is 0 Å². The van der Waals surface area contributed by atoms with Gasteiger partial charge in [0.1, 0.15) is 0 Å². The Morgan fingerprint density at radius 2 is 1.74 bits per heavy atom. The molecule has 19 heavy (non-hydrogen) atoms. The summed E-state index contributed by atoms with van der Waals surface area (Å²) < 4.78 is 6.32. The van der Waals surface area contributed by atoms with E-state index in [2.05, 4.69) is 41.9 Å². The minimum Gasteiger partial charge on any atom is -0.369 e. The van der Waals surface area contributed by atoms with E-state index in [0.29, 0.717) is 6.10 Å². The van der Waals surface area contributed by atoms with Crippen LogP contribution in [0.5, 0.6) is 0 Å². The fourth-order valence-electron chi connectivity index (χ4n) is 3.10. The molecule has 106 valence electrons. The molecule has 0 N–H and O–H groups in total. The Kier molecular flexibility index (Phi) is 5.73. The van der Waals surface area contributed by atoms with Crippen molar-refractivity contribution < 1.29 is 4.74 Å². The first kappa shape index (κ1) is 15.3. The zero-order chi connectivity index (χ0) is 13.8. The maximum absolute atomic E-state index is 6.32. The summed E-state index contributed by atoms with van der Waals surface area (Å²) in [5.41, 5.74) is 1.20. The van der Waals surface area contributed by atoms with E-state index in [-0.39, 0.29) is 6.10 Å². The summed E-state index contributed by atoms with van der Waals surface area (Å²) in [7, 11) is 0. The third-order valence-electron chi connectivity index (χ3n) is 3.87. The van der Waals surface area contributed by atoms with Crippen LogP contribution in [0, 0.1) is 11.8 Å². The molecular formula is C16H22BrClO. The lowest BCUT2D eigenvalue weighted by Crippen LogP contribution is -2.28. The molecule has 0 saturated heterocycles. The fourth-order valence-corrected chi connectivity index (χ4v) is 3.75. The summed E-state index contributed by atoms with van der Waals surface area (Å²) in [5, 5.41) is 1.60. The molecule has 0 aromatic heterocycles. The number of rotatable bonds is 4. The summed E-state index contributed by atoms with van der Waals surface area (Å²) in [6.07, 6.45) is 4.21. The van der Waals surface area contributed by atoms with E-state index < -0.39 is 0 Å². The van der Waals surface area contributed by atoms with E-state index in [0.717, 1.165) is 22.2 Å². The second kappa shape index (κ2) is 7.10. The molecule has 0 radical (unpaired) electrons. The quantitative estimate of drug-likeness (QED) is 0.644. The number of alkyl halides is 1. The van der Waals surface area contributed by atoms with Crippen molar-refractivity contribution in [2.75, 3.05) is 5.33 Å². The standard InChI is InChI=1S/C16H22BrClO/c1-11-7-12(2)9-15(8-11)19-16(10-17)13-3-5-14(18)6-4-13/h3-6,11-12,15-16H,7-10H2,1-2H3. The minimum atomic E-state index is 0.125. The predicted octanol–water partition coefficient (Wildman–Crippen LogP) is 5.62. The van der Waals surface area contributed by atoms with Crippen LogP contribution in [0.3, 0.4) is 0 Å². The highest BCUT2D eigenvalue weighted by Gasteiger charge is 2.27. The second-order valence-corrected chi connectivity index (χ2v) is 6.95. The molecule has 3 heteroatoms. The number of halogens is 2. The third kappa shape index (κ3) is 4.47. The Bertz CT molecular complexity index is 382. The van der Waals surface area contributed by atoms with Crippen molar-refractivity contribution in [2.24, 2.45) is 11.8 Å². The van der Waals surface area contributed by atoms with Crippen molar-refractivity contribution in [1.82, 2.24) is 0 Å². The van der Waals surface area contributed by atoms with Crippen molar-refractivity contribution in [3.05, 3.63) is 34.9 Å². The number of ether oxygens (including phenoxy) is 1. The Morgan fingerprint density at radius 3 is 2.26 bits per heavy atom. The Balaban J connectivity index is 2.00. The van der Waals surface area contributed by atoms with Crippen LogP contribution in [0.25, 0.3) is 0 Å². The van der Waals surface area contributed by atoms with Crippen molar-refractivity contribution >= 4 is 27.5 Å². The first-order chi connectivity index (χ1) is 9.08. The maximum Gasteiger partial charge on any atom is 0.0925 e. The molecule has 1 nitrogen and oxygen atoms in total. The predicted molar refractivity (Wildman–Crippen MR) is 85.0 cm³/mol. The average Bonchev–Trinajstić information content (AvgIpc) is 2.36. The van der Waals surface area contributed by atoms with Gasteiger partial charge in [-0.2, -0.15) is 0 Å². The van der Waals surface area contributed by atoms with Gasteiger partial charge < -0.3 is 4.74 Å². The molecule has 0 spiro atoms. The summed E-state index contributed by atoms with van der Waals surface area (Å²) >= 11 is 9.51. The molecule has 1 fully saturated rings. The highest BCUT2D eigenvalue weighted by atomic mass is 79.9. The molecule has 0 amide bonds. The molecule has 1 aromatic carbocycles. The molecule has 3 atom stereocenters. The first-order valence-corrected chi connectivity index (χ1v) is 8.55. The molecule has 1 saturated carbocycles. The molecule has 2 rings (SSSR count). The van der Waals surface area contributed by atoms with Crippen LogP contribution in [-0.4, -0.2) is 11.4 Å². The lowest BCUT2D eigenvalue weighted by molar-refractivity contribution is -0.0401. The molecule has 0 heterocycles. The number of benzene rings is 1. The van der Waals surface area contributed by atoms with Gasteiger partial charge in [-0.1, -0.05) is 53.5 Å². The van der Waals surface area contributed by atoms with Crippen molar-refractivity contribution in [2.45, 2.75) is 45.3 Å². The summed E-state index contributed by atoms with van der Waals surface area (Å²) in [4.78, 5) is 0. The van der Waals surface area contributed by atoms with E-state index in [1.54, 1.807) is 0 Å². The Hall–Kier alpha value is -0.0500. The zero-order valence-corrected chi connectivity index (χ0v) is 14.0. The highest BCUT2D eigenvalue weighted by Crippen LogP contribution is 2.34. The van der Waals surface area contributed by atoms with E-state index in [4.69, 9.17) is 16.3 Å². The van der Waals surface area contributed by atoms with E-state index >= 15 is 0 Å². The van der Waals surface area contributed by atoms with Gasteiger partial charge in [0, 0.05) is 10.4 Å². The maximum atomic E-state index is 6.32. The van der Waals surface area contributed by atoms with Crippen LogP contribution < -0.4 is 0 Å². The molecule has 1 aliphatic carbocycles. The van der Waals surface area contributed by atoms with Crippen molar-refractivity contribution in [3.8, 4) is 0 Å². The number of hydrogen-bond donors (Lipinski definition) is 0. The van der Waals surface area contributed by atoms with Gasteiger partial charge in [-0.05, 0) is 48.8 Å². The zero-order valence-electron chi connectivity index (χ0n) is 11.6. The van der Waals surface area contributed by atoms with Crippen LogP contribution in [0.1, 0.15) is 44.8 Å². The SMILES string of the molecule is CC1CC(C)CC(OC(CBr)c2ccc(Cl)cc2)C1. The summed E-state index contributed by atoms with van der Waals surface area (Å²) in [5.74, 6) is 1.55. The van der Waals surface area contributed by atoms with E-state index in [9.17, 15) is 0 Å². The monoisotopic (exact) mass is 344 g/mol. The molecule has 1 aromatic rings. The van der Waals surface area contributed by atoms with Crippen molar-refractivity contribution in [3.63, 3.8) is 0 Å². The second-order valence-electron chi connectivity index (χ2n) is 5.87. The van der Waals surface area contributed by atoms with Crippen LogP contribution in [0.15, 0.2) is 24.3 Å². The molecule has 1 aliphatic rings. The number of hydrogen-bond acceptors (Lipinski definition) is 1. The molecule has 0 aliphatic heterocycles. The van der Waals surface area contributed by atoms with Gasteiger partial charge in [0.15, 0.2) is 0 Å². The van der Waals surface area contributed by atoms with Crippen LogP contribution >= 0.6 is 27.5 Å². The van der Waals surface area contributed by atoms with Crippen LogP contribution in [0.4, 0.5) is 0 Å². The fraction of sp³-hybridized carbons (Fsp3) is 0.625. The van der Waals surface area contributed by atoms with Gasteiger partial charge in [-0.3, -0.25) is 0 Å². The van der Waals surface area contributed by atoms with E-state index in [1.165, 1.54) is 24.8 Å². The van der Waals surface area contributed by atoms with Gasteiger partial charge in [0.25, 0.3) is 0 Å². The molecular weight excluding hydrogens is 324 g/mol. The van der Waals surface area contributed by atoms with Gasteiger partial charge in [-0.15, -0.1) is 0 Å². The van der Waals surface area contributed by atoms with Crippen molar-refractivity contribution in [1.29, 1.82) is 0 Å². The lowest BCUT2D eigenvalue weighted by Gasteiger charge is -2.33. The molecule has 0 bridgehead atoms. The van der Waals surface area contributed by atoms with Gasteiger partial charge in [-0.25, -0.2) is 0 Å². The van der Waals surface area contributed by atoms with Crippen LogP contribution in [-0.2, 0) is 4.74 Å². The topological polar surface area (TPSA) is 9.23 Å². The summed E-state index contributed by atoms with van der Waals surface area (Å²) in [6, 6.07) is 7.98. The smallest absolute Gasteiger partial charge is 0.0925 e. The first-order valence-electron chi connectivity index (χ1n) is 7.05. The van der Waals surface area contributed by atoms with Gasteiger partial charge in [0.2, 0.25) is 0 Å². The minimum absolute atomic E-state index is 0.125. The van der Waals surface area contributed by atoms with E-state index in [1.807, 2.05) is 12.1 Å².